The number of rotatable bonds is 1. The van der Waals surface area contributed by atoms with E-state index >= 15 is 0 Å². The minimum atomic E-state index is -1.23. The molecule has 46 valence electrons. The van der Waals surface area contributed by atoms with Crippen LogP contribution in [0.25, 0.3) is 0 Å². The molecule has 0 bridgehead atoms. The molecule has 3 nitrogen and oxygen atoms in total. The Balaban J connectivity index is -0.000000125. The predicted octanol–water partition coefficient (Wildman–Crippen LogP) is -0.619. The SMILES string of the molecule is Br.CC(O)C(=O)O.[LiH]. The van der Waals surface area contributed by atoms with Crippen molar-refractivity contribution < 1.29 is 15.0 Å². The van der Waals surface area contributed by atoms with Crippen molar-refractivity contribution in [2.75, 3.05) is 0 Å². The normalized spacial score (nSPS) is 10.2. The first-order chi connectivity index (χ1) is 2.64. The van der Waals surface area contributed by atoms with Gasteiger partial charge in [0.2, 0.25) is 0 Å². The van der Waals surface area contributed by atoms with Crippen molar-refractivity contribution in [1.82, 2.24) is 0 Å². The molecule has 0 radical (unpaired) electrons. The topological polar surface area (TPSA) is 57.5 Å². The van der Waals surface area contributed by atoms with Crippen LogP contribution in [-0.2, 0) is 4.79 Å². The summed E-state index contributed by atoms with van der Waals surface area (Å²) in [5.41, 5.74) is 0. The molecule has 5 heteroatoms. The number of carbonyl (C=O) groups is 1. The minimum absolute atomic E-state index is 0. The maximum atomic E-state index is 9.45. The van der Waals surface area contributed by atoms with E-state index in [9.17, 15) is 4.79 Å². The van der Waals surface area contributed by atoms with Gasteiger partial charge in [0, 0.05) is 0 Å². The van der Waals surface area contributed by atoms with Crippen molar-refractivity contribution in [3.05, 3.63) is 0 Å². The Morgan fingerprint density at radius 3 is 1.75 bits per heavy atom. The van der Waals surface area contributed by atoms with Crippen LogP contribution in [0.15, 0.2) is 0 Å². The number of carboxylic acid groups (broad SMARTS) is 1. The van der Waals surface area contributed by atoms with Crippen molar-refractivity contribution in [2.24, 2.45) is 0 Å². The van der Waals surface area contributed by atoms with Crippen LogP contribution in [0.3, 0.4) is 0 Å². The molecule has 0 aliphatic carbocycles. The molecule has 0 saturated carbocycles. The third-order valence-corrected chi connectivity index (χ3v) is 0.357. The number of halogens is 1. The van der Waals surface area contributed by atoms with Gasteiger partial charge in [0.05, 0.1) is 0 Å². The van der Waals surface area contributed by atoms with E-state index in [-0.39, 0.29) is 35.8 Å². The van der Waals surface area contributed by atoms with Gasteiger partial charge in [0.15, 0.2) is 0 Å². The second-order valence-corrected chi connectivity index (χ2v) is 1.01. The molecule has 0 amide bonds. The summed E-state index contributed by atoms with van der Waals surface area (Å²) in [5.74, 6) is -1.19. The van der Waals surface area contributed by atoms with Gasteiger partial charge in [-0.3, -0.25) is 0 Å². The molecule has 0 aliphatic heterocycles. The van der Waals surface area contributed by atoms with Crippen molar-refractivity contribution in [1.29, 1.82) is 0 Å². The fraction of sp³-hybridized carbons (Fsp3) is 0.667. The quantitative estimate of drug-likeness (QED) is 0.527. The average Bonchev–Trinajstić information content (AvgIpc) is 1.36. The molecule has 0 aromatic carbocycles. The van der Waals surface area contributed by atoms with E-state index in [1.54, 1.807) is 0 Å². The third kappa shape index (κ3) is 9.72. The molecule has 1 unspecified atom stereocenters. The predicted molar refractivity (Wildman–Crippen MR) is 36.8 cm³/mol. The molecule has 8 heavy (non-hydrogen) atoms. The summed E-state index contributed by atoms with van der Waals surface area (Å²) in [5, 5.41) is 15.8. The van der Waals surface area contributed by atoms with Crippen LogP contribution in [0, 0.1) is 0 Å². The van der Waals surface area contributed by atoms with Crippen LogP contribution in [-0.4, -0.2) is 41.1 Å². The van der Waals surface area contributed by atoms with Crippen LogP contribution in [0.1, 0.15) is 6.92 Å². The standard InChI is InChI=1S/C3H6O3.BrH.Li.H/c1-2(4)3(5)6;;;/h2,4H,1H3,(H,5,6);1H;;. The van der Waals surface area contributed by atoms with Crippen molar-refractivity contribution in [3.63, 3.8) is 0 Å². The Hall–Kier alpha value is 0.507. The van der Waals surface area contributed by atoms with Gasteiger partial charge in [-0.25, -0.2) is 4.79 Å². The molecular formula is C3H8BrLiO3. The zero-order valence-corrected chi connectivity index (χ0v) is 5.50. The number of aliphatic hydroxyl groups excluding tert-OH is 1. The first kappa shape index (κ1) is 15.8. The van der Waals surface area contributed by atoms with Gasteiger partial charge in [-0.1, -0.05) is 0 Å². The molecule has 0 fully saturated rings. The van der Waals surface area contributed by atoms with E-state index in [0.29, 0.717) is 0 Å². The van der Waals surface area contributed by atoms with E-state index in [1.165, 1.54) is 6.92 Å². The van der Waals surface area contributed by atoms with Crippen LogP contribution in [0.2, 0.25) is 0 Å². The molecular weight excluding hydrogens is 171 g/mol. The average molecular weight is 179 g/mol. The van der Waals surface area contributed by atoms with Gasteiger partial charge >= 0.3 is 24.8 Å². The molecule has 0 rings (SSSR count). The fourth-order valence-corrected chi connectivity index (χ4v) is 0. The Labute approximate surface area is 70.0 Å². The zero-order valence-electron chi connectivity index (χ0n) is 3.79. The number of hydrogen-bond donors (Lipinski definition) is 2. The Morgan fingerprint density at radius 1 is 1.62 bits per heavy atom. The zero-order chi connectivity index (χ0) is 5.15. The van der Waals surface area contributed by atoms with Gasteiger partial charge in [-0.05, 0) is 6.92 Å². The van der Waals surface area contributed by atoms with Gasteiger partial charge in [-0.2, -0.15) is 0 Å². The van der Waals surface area contributed by atoms with E-state index in [0.717, 1.165) is 0 Å². The summed E-state index contributed by atoms with van der Waals surface area (Å²) < 4.78 is 0. The molecule has 0 aliphatic rings. The van der Waals surface area contributed by atoms with E-state index in [2.05, 4.69) is 0 Å². The van der Waals surface area contributed by atoms with Gasteiger partial charge in [0.25, 0.3) is 0 Å². The molecule has 2 N–H and O–H groups in total. The summed E-state index contributed by atoms with van der Waals surface area (Å²) >= 11 is 0. The van der Waals surface area contributed by atoms with Crippen LogP contribution in [0.5, 0.6) is 0 Å². The van der Waals surface area contributed by atoms with Crippen molar-refractivity contribution in [3.8, 4) is 0 Å². The number of hydrogen-bond acceptors (Lipinski definition) is 2. The second kappa shape index (κ2) is 7.51. The van der Waals surface area contributed by atoms with Crippen LogP contribution >= 0.6 is 17.0 Å². The molecule has 0 aromatic heterocycles. The van der Waals surface area contributed by atoms with E-state index in [1.807, 2.05) is 0 Å². The molecule has 0 spiro atoms. The molecule has 1 atom stereocenters. The molecule has 0 aromatic rings. The Morgan fingerprint density at radius 2 is 1.75 bits per heavy atom. The first-order valence-electron chi connectivity index (χ1n) is 1.55. The number of carboxylic acids is 1. The Kier molecular flexibility index (Phi) is 14.8. The maximum absolute atomic E-state index is 9.45. The van der Waals surface area contributed by atoms with Crippen molar-refractivity contribution in [2.45, 2.75) is 13.0 Å². The number of aliphatic carboxylic acids is 1. The van der Waals surface area contributed by atoms with E-state index in [4.69, 9.17) is 10.2 Å². The molecule has 0 saturated heterocycles. The van der Waals surface area contributed by atoms with Gasteiger partial charge in [0.1, 0.15) is 6.10 Å². The number of aliphatic hydroxyl groups is 1. The van der Waals surface area contributed by atoms with Crippen LogP contribution in [0.4, 0.5) is 0 Å². The van der Waals surface area contributed by atoms with Gasteiger partial charge in [-0.15, -0.1) is 17.0 Å². The van der Waals surface area contributed by atoms with Gasteiger partial charge < -0.3 is 10.2 Å². The monoisotopic (exact) mass is 178 g/mol. The summed E-state index contributed by atoms with van der Waals surface area (Å²) in [6, 6.07) is 0. The Bertz CT molecular complexity index is 65.5. The first-order valence-corrected chi connectivity index (χ1v) is 1.55. The fourth-order valence-electron chi connectivity index (χ4n) is 0. The van der Waals surface area contributed by atoms with Crippen LogP contribution < -0.4 is 0 Å². The second-order valence-electron chi connectivity index (χ2n) is 1.01. The third-order valence-electron chi connectivity index (χ3n) is 0.357. The van der Waals surface area contributed by atoms with E-state index < -0.39 is 12.1 Å². The summed E-state index contributed by atoms with van der Waals surface area (Å²) in [4.78, 5) is 9.45. The molecule has 0 heterocycles. The van der Waals surface area contributed by atoms with Crippen molar-refractivity contribution >= 4 is 41.8 Å². The summed E-state index contributed by atoms with van der Waals surface area (Å²) in [6.45, 7) is 1.20. The summed E-state index contributed by atoms with van der Waals surface area (Å²) in [6.07, 6.45) is -1.23. The summed E-state index contributed by atoms with van der Waals surface area (Å²) in [7, 11) is 0.